The fourth-order valence-electron chi connectivity index (χ4n) is 3.54. The molecule has 0 unspecified atom stereocenters. The number of nitrogens with two attached hydrogens (primary N) is 1. The highest BCUT2D eigenvalue weighted by atomic mass is 35.5. The predicted octanol–water partition coefficient (Wildman–Crippen LogP) is 4.27. The van der Waals surface area contributed by atoms with Gasteiger partial charge in [-0.05, 0) is 44.1 Å². The van der Waals surface area contributed by atoms with Crippen molar-refractivity contribution in [3.8, 4) is 0 Å². The summed E-state index contributed by atoms with van der Waals surface area (Å²) in [6.07, 6.45) is 5.61. The zero-order valence-corrected chi connectivity index (χ0v) is 16.2. The summed E-state index contributed by atoms with van der Waals surface area (Å²) in [7, 11) is 0. The van der Waals surface area contributed by atoms with Gasteiger partial charge in [0.15, 0.2) is 0 Å². The molecule has 1 heterocycles. The average molecular weight is 389 g/mol. The molecule has 1 saturated carbocycles. The number of primary amides is 1. The summed E-state index contributed by atoms with van der Waals surface area (Å²) in [4.78, 5) is 25.7. The molecule has 0 bridgehead atoms. The average Bonchev–Trinajstić information content (AvgIpc) is 2.85. The Balaban J connectivity index is 1.86. The van der Waals surface area contributed by atoms with E-state index in [1.165, 1.54) is 22.6 Å². The van der Waals surface area contributed by atoms with Gasteiger partial charge >= 0.3 is 0 Å². The van der Waals surface area contributed by atoms with Crippen molar-refractivity contribution in [1.29, 1.82) is 0 Å². The summed E-state index contributed by atoms with van der Waals surface area (Å²) in [6, 6.07) is 0. The molecule has 7 heteroatoms. The molecule has 1 fully saturated rings. The summed E-state index contributed by atoms with van der Waals surface area (Å²) >= 11 is 13.6. The molecule has 0 aromatic carbocycles. The standard InChI is InChI=1S/C17H22Cl2N2O2S/c1-3-4-9-5-6-10-11(7-9)24-14(12(10)13(20)22)21-15(23)16(2)8-17(16,18)19/h9H,3-8H2,1-2H3,(H2,20,22)(H,21,23)/t9-,16-/m0/s1. The van der Waals surface area contributed by atoms with E-state index in [0.717, 1.165) is 31.2 Å². The van der Waals surface area contributed by atoms with Gasteiger partial charge in [0.05, 0.1) is 11.0 Å². The van der Waals surface area contributed by atoms with Crippen molar-refractivity contribution < 1.29 is 9.59 Å². The molecular weight excluding hydrogens is 367 g/mol. The third kappa shape index (κ3) is 2.95. The van der Waals surface area contributed by atoms with Gasteiger partial charge in [0.2, 0.25) is 5.91 Å². The van der Waals surface area contributed by atoms with Crippen LogP contribution in [0.25, 0.3) is 0 Å². The number of hydrogen-bond donors (Lipinski definition) is 2. The third-order valence-electron chi connectivity index (χ3n) is 5.30. The normalized spacial score (nSPS) is 27.4. The number of alkyl halides is 2. The Labute approximate surface area is 156 Å². The van der Waals surface area contributed by atoms with Crippen LogP contribution in [0, 0.1) is 11.3 Å². The van der Waals surface area contributed by atoms with E-state index in [4.69, 9.17) is 28.9 Å². The molecule has 24 heavy (non-hydrogen) atoms. The van der Waals surface area contributed by atoms with Gasteiger partial charge in [-0.15, -0.1) is 34.5 Å². The Kier molecular flexibility index (Phi) is 4.65. The Hall–Kier alpha value is -0.780. The van der Waals surface area contributed by atoms with Gasteiger partial charge in [-0.25, -0.2) is 0 Å². The number of hydrogen-bond acceptors (Lipinski definition) is 3. The molecule has 0 saturated heterocycles. The molecule has 1 aromatic heterocycles. The van der Waals surface area contributed by atoms with Crippen molar-refractivity contribution in [3.05, 3.63) is 16.0 Å². The van der Waals surface area contributed by atoms with E-state index in [1.54, 1.807) is 6.92 Å². The molecule has 2 atom stereocenters. The first-order valence-electron chi connectivity index (χ1n) is 8.33. The lowest BCUT2D eigenvalue weighted by atomic mass is 9.84. The largest absolute Gasteiger partial charge is 0.365 e. The quantitative estimate of drug-likeness (QED) is 0.738. The molecular formula is C17H22Cl2N2O2S. The minimum absolute atomic E-state index is 0.251. The summed E-state index contributed by atoms with van der Waals surface area (Å²) < 4.78 is -1.03. The molecule has 0 aliphatic heterocycles. The summed E-state index contributed by atoms with van der Waals surface area (Å²) in [5.41, 5.74) is 6.26. The molecule has 132 valence electrons. The minimum atomic E-state index is -1.03. The van der Waals surface area contributed by atoms with Crippen LogP contribution in [-0.2, 0) is 17.6 Å². The fraction of sp³-hybridized carbons (Fsp3) is 0.647. The van der Waals surface area contributed by atoms with Gasteiger partial charge in [0, 0.05) is 4.88 Å². The first kappa shape index (κ1) is 18.0. The summed E-state index contributed by atoms with van der Waals surface area (Å²) in [5.74, 6) is -0.0934. The number of thiophene rings is 1. The van der Waals surface area contributed by atoms with Gasteiger partial charge < -0.3 is 11.1 Å². The number of rotatable bonds is 5. The number of halogens is 2. The van der Waals surface area contributed by atoms with Crippen LogP contribution in [-0.4, -0.2) is 16.1 Å². The summed E-state index contributed by atoms with van der Waals surface area (Å²) in [6.45, 7) is 3.92. The maximum atomic E-state index is 12.5. The highest BCUT2D eigenvalue weighted by Crippen LogP contribution is 2.64. The lowest BCUT2D eigenvalue weighted by Gasteiger charge is -2.21. The number of fused-ring (bicyclic) bond motifs is 1. The van der Waals surface area contributed by atoms with Crippen molar-refractivity contribution in [3.63, 3.8) is 0 Å². The molecule has 3 rings (SSSR count). The van der Waals surface area contributed by atoms with Gasteiger partial charge in [0.25, 0.3) is 5.91 Å². The van der Waals surface area contributed by atoms with Crippen molar-refractivity contribution in [2.75, 3.05) is 5.32 Å². The van der Waals surface area contributed by atoms with Gasteiger partial charge in [0.1, 0.15) is 9.33 Å². The van der Waals surface area contributed by atoms with Crippen molar-refractivity contribution in [2.45, 2.75) is 56.7 Å². The Bertz CT molecular complexity index is 701. The van der Waals surface area contributed by atoms with Crippen LogP contribution in [0.3, 0.4) is 0 Å². The van der Waals surface area contributed by atoms with Crippen molar-refractivity contribution in [2.24, 2.45) is 17.1 Å². The van der Waals surface area contributed by atoms with Crippen LogP contribution in [0.15, 0.2) is 0 Å². The number of anilines is 1. The SMILES string of the molecule is CCC[C@H]1CCc2c(sc(NC(=O)[C@]3(C)CC3(Cl)Cl)c2C(N)=O)C1. The van der Waals surface area contributed by atoms with E-state index in [0.29, 0.717) is 22.9 Å². The smallest absolute Gasteiger partial charge is 0.251 e. The highest BCUT2D eigenvalue weighted by Gasteiger charge is 2.68. The van der Waals surface area contributed by atoms with Crippen LogP contribution in [0.4, 0.5) is 5.00 Å². The van der Waals surface area contributed by atoms with Gasteiger partial charge in [-0.1, -0.05) is 19.8 Å². The molecule has 2 aliphatic rings. The number of carbonyl (C=O) groups is 2. The second kappa shape index (κ2) is 6.19. The second-order valence-electron chi connectivity index (χ2n) is 7.14. The molecule has 2 amide bonds. The van der Waals surface area contributed by atoms with E-state index < -0.39 is 15.7 Å². The van der Waals surface area contributed by atoms with Gasteiger partial charge in [-0.3, -0.25) is 9.59 Å². The van der Waals surface area contributed by atoms with E-state index in [-0.39, 0.29) is 5.91 Å². The van der Waals surface area contributed by atoms with Crippen LogP contribution in [0.2, 0.25) is 0 Å². The van der Waals surface area contributed by atoms with E-state index in [9.17, 15) is 9.59 Å². The fourth-order valence-corrected chi connectivity index (χ4v) is 5.61. The minimum Gasteiger partial charge on any atom is -0.365 e. The van der Waals surface area contributed by atoms with Crippen molar-refractivity contribution in [1.82, 2.24) is 0 Å². The number of nitrogens with one attached hydrogen (secondary N) is 1. The van der Waals surface area contributed by atoms with E-state index in [1.807, 2.05) is 0 Å². The monoisotopic (exact) mass is 388 g/mol. The van der Waals surface area contributed by atoms with Crippen LogP contribution in [0.1, 0.15) is 60.3 Å². The zero-order valence-electron chi connectivity index (χ0n) is 13.9. The molecule has 3 N–H and O–H groups in total. The third-order valence-corrected chi connectivity index (χ3v) is 7.57. The van der Waals surface area contributed by atoms with Crippen LogP contribution < -0.4 is 11.1 Å². The maximum absolute atomic E-state index is 12.5. The Morgan fingerprint density at radius 2 is 2.08 bits per heavy atom. The lowest BCUT2D eigenvalue weighted by molar-refractivity contribution is -0.120. The Morgan fingerprint density at radius 1 is 1.42 bits per heavy atom. The number of carbonyl (C=O) groups excluding carboxylic acids is 2. The lowest BCUT2D eigenvalue weighted by Crippen LogP contribution is -2.27. The molecule has 0 radical (unpaired) electrons. The van der Waals surface area contributed by atoms with E-state index >= 15 is 0 Å². The van der Waals surface area contributed by atoms with E-state index in [2.05, 4.69) is 12.2 Å². The number of amides is 2. The van der Waals surface area contributed by atoms with Crippen LogP contribution >= 0.6 is 34.5 Å². The van der Waals surface area contributed by atoms with Crippen LogP contribution in [0.5, 0.6) is 0 Å². The molecule has 1 aromatic rings. The topological polar surface area (TPSA) is 72.2 Å². The maximum Gasteiger partial charge on any atom is 0.251 e. The Morgan fingerprint density at radius 3 is 2.62 bits per heavy atom. The summed E-state index contributed by atoms with van der Waals surface area (Å²) in [5, 5.41) is 3.41. The second-order valence-corrected chi connectivity index (χ2v) is 9.73. The molecule has 2 aliphatic carbocycles. The highest BCUT2D eigenvalue weighted by molar-refractivity contribution is 7.17. The first-order chi connectivity index (χ1) is 11.2. The molecule has 4 nitrogen and oxygen atoms in total. The van der Waals surface area contributed by atoms with Gasteiger partial charge in [-0.2, -0.15) is 0 Å². The molecule has 0 spiro atoms. The van der Waals surface area contributed by atoms with Crippen molar-refractivity contribution >= 4 is 51.4 Å². The zero-order chi connectivity index (χ0) is 17.7. The predicted molar refractivity (Wildman–Crippen MR) is 99.1 cm³/mol. The first-order valence-corrected chi connectivity index (χ1v) is 9.90.